The van der Waals surface area contributed by atoms with Crippen molar-refractivity contribution in [2.75, 3.05) is 45.8 Å². The van der Waals surface area contributed by atoms with Crippen LogP contribution in [0.5, 0.6) is 5.75 Å². The van der Waals surface area contributed by atoms with Gasteiger partial charge < -0.3 is 20.5 Å². The van der Waals surface area contributed by atoms with Gasteiger partial charge in [-0.25, -0.2) is 4.79 Å². The van der Waals surface area contributed by atoms with Crippen LogP contribution in [-0.4, -0.2) is 77.3 Å². The van der Waals surface area contributed by atoms with E-state index in [1.165, 1.54) is 0 Å². The molecule has 9 heteroatoms. The van der Waals surface area contributed by atoms with Crippen LogP contribution >= 0.6 is 27.5 Å². The Morgan fingerprint density at radius 1 is 1.03 bits per heavy atom. The number of piperidine rings is 1. The van der Waals surface area contributed by atoms with Crippen molar-refractivity contribution in [3.8, 4) is 5.75 Å². The van der Waals surface area contributed by atoms with E-state index >= 15 is 0 Å². The molecule has 0 aromatic heterocycles. The third kappa shape index (κ3) is 7.83. The summed E-state index contributed by atoms with van der Waals surface area (Å²) in [6.07, 6.45) is 3.32. The lowest BCUT2D eigenvalue weighted by molar-refractivity contribution is -0.0325. The highest BCUT2D eigenvalue weighted by Crippen LogP contribution is 2.31. The van der Waals surface area contributed by atoms with E-state index in [0.717, 1.165) is 91.3 Å². The van der Waals surface area contributed by atoms with Crippen LogP contribution in [0.4, 0.5) is 4.79 Å². The third-order valence-electron chi connectivity index (χ3n) is 7.31. The summed E-state index contributed by atoms with van der Waals surface area (Å²) in [7, 11) is 0. The molecule has 2 aromatic carbocycles. The minimum absolute atomic E-state index is 0.334. The number of hydrogen-bond acceptors (Lipinski definition) is 5. The van der Waals surface area contributed by atoms with Gasteiger partial charge in [-0.15, -0.1) is 0 Å². The van der Waals surface area contributed by atoms with Crippen molar-refractivity contribution in [3.05, 3.63) is 63.1 Å². The molecule has 0 aliphatic carbocycles. The Kier molecular flexibility index (Phi) is 9.52. The summed E-state index contributed by atoms with van der Waals surface area (Å²) >= 11 is 9.59. The third-order valence-corrected chi connectivity index (χ3v) is 8.06. The number of likely N-dealkylation sites (tertiary alicyclic amines) is 1. The van der Waals surface area contributed by atoms with Crippen LogP contribution in [0.3, 0.4) is 0 Å². The van der Waals surface area contributed by atoms with E-state index in [1.807, 2.05) is 36.4 Å². The molecule has 2 saturated heterocycles. The second kappa shape index (κ2) is 12.6. The lowest BCUT2D eigenvalue weighted by Gasteiger charge is -2.39. The zero-order valence-electron chi connectivity index (χ0n) is 20.7. The van der Waals surface area contributed by atoms with E-state index in [9.17, 15) is 9.90 Å². The number of benzene rings is 2. The normalized spacial score (nSPS) is 18.8. The molecular weight excluding hydrogens is 544 g/mol. The first kappa shape index (κ1) is 27.2. The molecule has 2 aliphatic rings. The summed E-state index contributed by atoms with van der Waals surface area (Å²) in [5, 5.41) is 11.9. The van der Waals surface area contributed by atoms with E-state index < -0.39 is 5.60 Å². The van der Waals surface area contributed by atoms with Gasteiger partial charge in [0, 0.05) is 60.9 Å². The molecule has 2 amide bonds. The Morgan fingerprint density at radius 3 is 2.39 bits per heavy atom. The zero-order chi connectivity index (χ0) is 25.5. The van der Waals surface area contributed by atoms with Gasteiger partial charge in [-0.2, -0.15) is 0 Å². The topological polar surface area (TPSA) is 82.3 Å². The SMILES string of the molecule is NC(=O)N1CCN(CCCC2(O)CCN(Cc3cc(Br)ccc3OCc3ccc(Cl)cc3)CC2)CC1. The van der Waals surface area contributed by atoms with Crippen molar-refractivity contribution in [3.63, 3.8) is 0 Å². The first-order valence-electron chi connectivity index (χ1n) is 12.7. The second-order valence-electron chi connectivity index (χ2n) is 9.94. The van der Waals surface area contributed by atoms with Gasteiger partial charge in [0.05, 0.1) is 5.60 Å². The highest BCUT2D eigenvalue weighted by atomic mass is 79.9. The molecule has 0 spiro atoms. The predicted molar refractivity (Wildman–Crippen MR) is 146 cm³/mol. The Labute approximate surface area is 227 Å². The molecule has 0 radical (unpaired) electrons. The van der Waals surface area contributed by atoms with E-state index in [4.69, 9.17) is 22.1 Å². The number of carbonyl (C=O) groups excluding carboxylic acids is 1. The maximum Gasteiger partial charge on any atom is 0.314 e. The molecule has 2 aromatic rings. The lowest BCUT2D eigenvalue weighted by atomic mass is 9.86. The number of aliphatic hydroxyl groups is 1. The second-order valence-corrected chi connectivity index (χ2v) is 11.3. The van der Waals surface area contributed by atoms with E-state index in [-0.39, 0.29) is 6.03 Å². The average Bonchev–Trinajstić information content (AvgIpc) is 2.86. The number of rotatable bonds is 9. The summed E-state index contributed by atoms with van der Waals surface area (Å²) in [6.45, 7) is 7.02. The Bertz CT molecular complexity index is 1010. The van der Waals surface area contributed by atoms with E-state index in [1.54, 1.807) is 4.90 Å². The van der Waals surface area contributed by atoms with Crippen molar-refractivity contribution in [1.82, 2.24) is 14.7 Å². The number of amides is 2. The van der Waals surface area contributed by atoms with Crippen LogP contribution in [0.25, 0.3) is 0 Å². The maximum atomic E-state index is 11.3. The Hall–Kier alpha value is -1.84. The fourth-order valence-corrected chi connectivity index (χ4v) is 5.53. The number of carbonyl (C=O) groups is 1. The fraction of sp³-hybridized carbons (Fsp3) is 0.519. The minimum atomic E-state index is -0.600. The molecule has 0 bridgehead atoms. The van der Waals surface area contributed by atoms with Crippen LogP contribution < -0.4 is 10.5 Å². The molecule has 36 heavy (non-hydrogen) atoms. The average molecular weight is 580 g/mol. The summed E-state index contributed by atoms with van der Waals surface area (Å²) in [5.41, 5.74) is 6.98. The van der Waals surface area contributed by atoms with E-state index in [2.05, 4.69) is 31.8 Å². The van der Waals surface area contributed by atoms with Gasteiger partial charge in [0.15, 0.2) is 0 Å². The molecule has 4 rings (SSSR count). The molecule has 3 N–H and O–H groups in total. The van der Waals surface area contributed by atoms with Gasteiger partial charge >= 0.3 is 6.03 Å². The first-order chi connectivity index (χ1) is 17.3. The molecule has 2 fully saturated rings. The molecular formula is C27H36BrClN4O3. The number of nitrogens with zero attached hydrogens (tertiary/aromatic N) is 3. The lowest BCUT2D eigenvalue weighted by Crippen LogP contribution is -2.50. The highest BCUT2D eigenvalue weighted by Gasteiger charge is 2.32. The summed E-state index contributed by atoms with van der Waals surface area (Å²) < 4.78 is 7.19. The number of ether oxygens (including phenoxy) is 1. The minimum Gasteiger partial charge on any atom is -0.489 e. The smallest absolute Gasteiger partial charge is 0.314 e. The van der Waals surface area contributed by atoms with Gasteiger partial charge in [0.25, 0.3) is 0 Å². The number of piperazine rings is 1. The van der Waals surface area contributed by atoms with Gasteiger partial charge in [0.1, 0.15) is 12.4 Å². The van der Waals surface area contributed by atoms with Crippen LogP contribution in [0, 0.1) is 0 Å². The summed E-state index contributed by atoms with van der Waals surface area (Å²) in [4.78, 5) is 17.7. The molecule has 0 saturated carbocycles. The molecule has 2 heterocycles. The monoisotopic (exact) mass is 578 g/mol. The van der Waals surface area contributed by atoms with E-state index in [0.29, 0.717) is 19.7 Å². The number of hydrogen-bond donors (Lipinski definition) is 2. The van der Waals surface area contributed by atoms with Gasteiger partial charge in [0.2, 0.25) is 0 Å². The summed E-state index contributed by atoms with van der Waals surface area (Å²) in [6, 6.07) is 13.5. The highest BCUT2D eigenvalue weighted by molar-refractivity contribution is 9.10. The van der Waals surface area contributed by atoms with Crippen molar-refractivity contribution in [1.29, 1.82) is 0 Å². The fourth-order valence-electron chi connectivity index (χ4n) is 5.00. The van der Waals surface area contributed by atoms with Crippen LogP contribution in [0.15, 0.2) is 46.9 Å². The van der Waals surface area contributed by atoms with Gasteiger partial charge in [-0.05, 0) is 68.1 Å². The predicted octanol–water partition coefficient (Wildman–Crippen LogP) is 4.48. The van der Waals surface area contributed by atoms with Gasteiger partial charge in [-0.1, -0.05) is 39.7 Å². The largest absolute Gasteiger partial charge is 0.489 e. The Morgan fingerprint density at radius 2 is 1.72 bits per heavy atom. The van der Waals surface area contributed by atoms with Crippen molar-refractivity contribution in [2.24, 2.45) is 5.73 Å². The zero-order valence-corrected chi connectivity index (χ0v) is 23.0. The van der Waals surface area contributed by atoms with Crippen molar-refractivity contribution in [2.45, 2.75) is 44.4 Å². The molecule has 0 atom stereocenters. The van der Waals surface area contributed by atoms with Crippen LogP contribution in [0.2, 0.25) is 5.02 Å². The van der Waals surface area contributed by atoms with Crippen molar-refractivity contribution < 1.29 is 14.6 Å². The van der Waals surface area contributed by atoms with Crippen molar-refractivity contribution >= 4 is 33.6 Å². The summed E-state index contributed by atoms with van der Waals surface area (Å²) in [5.74, 6) is 0.880. The molecule has 0 unspecified atom stereocenters. The number of primary amides is 1. The molecule has 7 nitrogen and oxygen atoms in total. The quantitative estimate of drug-likeness (QED) is 0.458. The standard InChI is InChI=1S/C27H36BrClN4O3/c28-23-4-7-25(36-20-21-2-5-24(29)6-3-21)22(18-23)19-32-12-9-27(35,10-13-32)8-1-11-31-14-16-33(17-15-31)26(30)34/h2-7,18,35H,1,8-17,19-20H2,(H2,30,34). The molecule has 2 aliphatic heterocycles. The number of halogens is 2. The van der Waals surface area contributed by atoms with Gasteiger partial charge in [-0.3, -0.25) is 9.80 Å². The number of nitrogens with two attached hydrogens (primary N) is 1. The van der Waals surface area contributed by atoms with Crippen LogP contribution in [-0.2, 0) is 13.2 Å². The maximum absolute atomic E-state index is 11.3. The van der Waals surface area contributed by atoms with Crippen LogP contribution in [0.1, 0.15) is 36.8 Å². The molecule has 196 valence electrons. The Balaban J connectivity index is 1.23. The first-order valence-corrected chi connectivity index (χ1v) is 13.8. The number of urea groups is 1.